The van der Waals surface area contributed by atoms with Gasteiger partial charge in [-0.1, -0.05) is 6.92 Å². The Morgan fingerprint density at radius 1 is 1.07 bits per heavy atom. The van der Waals surface area contributed by atoms with E-state index in [0.717, 1.165) is 0 Å². The molecule has 0 spiro atoms. The molecule has 0 aliphatic carbocycles. The summed E-state index contributed by atoms with van der Waals surface area (Å²) in [7, 11) is -6.54. The molecule has 86 valence electrons. The van der Waals surface area contributed by atoms with Gasteiger partial charge in [0.2, 0.25) is 0 Å². The van der Waals surface area contributed by atoms with E-state index >= 15 is 0 Å². The van der Waals surface area contributed by atoms with Crippen molar-refractivity contribution in [2.75, 3.05) is 23.0 Å². The lowest BCUT2D eigenvalue weighted by Crippen LogP contribution is -2.30. The summed E-state index contributed by atoms with van der Waals surface area (Å²) in [4.78, 5) is 0. The monoisotopic (exact) mass is 243 g/mol. The van der Waals surface area contributed by atoms with Gasteiger partial charge in [0.25, 0.3) is 0 Å². The van der Waals surface area contributed by atoms with Gasteiger partial charge >= 0.3 is 0 Å². The highest BCUT2D eigenvalue weighted by atomic mass is 32.2. The van der Waals surface area contributed by atoms with Crippen molar-refractivity contribution in [3.05, 3.63) is 0 Å². The molecule has 0 rings (SSSR count). The Balaban J connectivity index is 4.28. The maximum Gasteiger partial charge on any atom is 0.152 e. The van der Waals surface area contributed by atoms with Crippen LogP contribution in [0.3, 0.4) is 0 Å². The molecule has 0 fully saturated rings. The summed E-state index contributed by atoms with van der Waals surface area (Å²) < 4.78 is 44.6. The Hall–Kier alpha value is -0.140. The van der Waals surface area contributed by atoms with Crippen molar-refractivity contribution < 1.29 is 16.8 Å². The van der Waals surface area contributed by atoms with Gasteiger partial charge in [0, 0.05) is 11.8 Å². The topological polar surface area (TPSA) is 94.3 Å². The normalized spacial score (nSPS) is 15.4. The van der Waals surface area contributed by atoms with E-state index in [4.69, 9.17) is 5.73 Å². The second-order valence-corrected chi connectivity index (χ2v) is 8.03. The molecule has 1 atom stereocenters. The van der Waals surface area contributed by atoms with Crippen LogP contribution >= 0.6 is 0 Å². The van der Waals surface area contributed by atoms with Gasteiger partial charge in [-0.05, 0) is 6.92 Å². The zero-order chi connectivity index (χ0) is 11.4. The number of hydrogen-bond donors (Lipinski definition) is 1. The standard InChI is InChI=1S/C7H17NO4S2/c1-3-13(9,10)4-5-14(11,12)6-7(2)8/h7H,3-6,8H2,1-2H3. The lowest BCUT2D eigenvalue weighted by atomic mass is 10.4. The Bertz CT molecular complexity index is 355. The summed E-state index contributed by atoms with van der Waals surface area (Å²) in [5, 5.41) is 0. The lowest BCUT2D eigenvalue weighted by molar-refractivity contribution is 0.584. The van der Waals surface area contributed by atoms with E-state index in [2.05, 4.69) is 0 Å². The predicted molar refractivity (Wildman–Crippen MR) is 56.6 cm³/mol. The average molecular weight is 243 g/mol. The zero-order valence-electron chi connectivity index (χ0n) is 8.43. The SMILES string of the molecule is CCS(=O)(=O)CCS(=O)(=O)CC(C)N. The highest BCUT2D eigenvalue weighted by Gasteiger charge is 2.17. The van der Waals surface area contributed by atoms with Gasteiger partial charge in [-0.25, -0.2) is 16.8 Å². The molecule has 0 aliphatic heterocycles. The molecular formula is C7H17NO4S2. The van der Waals surface area contributed by atoms with Crippen LogP contribution in [0.1, 0.15) is 13.8 Å². The molecule has 2 N–H and O–H groups in total. The molecule has 0 aliphatic rings. The van der Waals surface area contributed by atoms with Crippen LogP contribution in [-0.2, 0) is 19.7 Å². The van der Waals surface area contributed by atoms with Crippen LogP contribution in [0.5, 0.6) is 0 Å². The maximum absolute atomic E-state index is 11.3. The van der Waals surface area contributed by atoms with Crippen molar-refractivity contribution in [3.63, 3.8) is 0 Å². The number of sulfone groups is 2. The van der Waals surface area contributed by atoms with Crippen molar-refractivity contribution in [1.29, 1.82) is 0 Å². The average Bonchev–Trinajstić information content (AvgIpc) is 1.99. The lowest BCUT2D eigenvalue weighted by Gasteiger charge is -2.06. The van der Waals surface area contributed by atoms with Crippen LogP contribution in [0.25, 0.3) is 0 Å². The first kappa shape index (κ1) is 13.9. The third-order valence-electron chi connectivity index (χ3n) is 1.66. The molecule has 5 nitrogen and oxygen atoms in total. The minimum atomic E-state index is -3.33. The molecule has 1 unspecified atom stereocenters. The summed E-state index contributed by atoms with van der Waals surface area (Å²) in [6.07, 6.45) is 0. The molecule has 0 saturated carbocycles. The zero-order valence-corrected chi connectivity index (χ0v) is 10.1. The first-order valence-corrected chi connectivity index (χ1v) is 7.99. The van der Waals surface area contributed by atoms with E-state index in [1.165, 1.54) is 6.92 Å². The highest BCUT2D eigenvalue weighted by Crippen LogP contribution is 1.97. The molecule has 0 heterocycles. The van der Waals surface area contributed by atoms with Gasteiger partial charge in [0.05, 0.1) is 17.3 Å². The Morgan fingerprint density at radius 3 is 1.86 bits per heavy atom. The van der Waals surface area contributed by atoms with Gasteiger partial charge in [0.15, 0.2) is 19.7 Å². The number of hydrogen-bond acceptors (Lipinski definition) is 5. The van der Waals surface area contributed by atoms with Gasteiger partial charge < -0.3 is 5.73 Å². The summed E-state index contributed by atoms with van der Waals surface area (Å²) in [5.74, 6) is -0.823. The van der Waals surface area contributed by atoms with E-state index in [9.17, 15) is 16.8 Å². The highest BCUT2D eigenvalue weighted by molar-refractivity contribution is 7.95. The van der Waals surface area contributed by atoms with Gasteiger partial charge in [-0.3, -0.25) is 0 Å². The number of rotatable bonds is 6. The van der Waals surface area contributed by atoms with E-state index in [1.807, 2.05) is 0 Å². The summed E-state index contributed by atoms with van der Waals surface area (Å²) >= 11 is 0. The Labute approximate surface area is 85.5 Å². The first-order chi connectivity index (χ1) is 6.18. The molecule has 0 aromatic rings. The van der Waals surface area contributed by atoms with E-state index < -0.39 is 25.7 Å². The van der Waals surface area contributed by atoms with Crippen LogP contribution in [0, 0.1) is 0 Å². The van der Waals surface area contributed by atoms with Gasteiger partial charge in [-0.15, -0.1) is 0 Å². The van der Waals surface area contributed by atoms with Crippen LogP contribution < -0.4 is 5.73 Å². The largest absolute Gasteiger partial charge is 0.327 e. The molecule has 14 heavy (non-hydrogen) atoms. The van der Waals surface area contributed by atoms with Crippen molar-refractivity contribution in [1.82, 2.24) is 0 Å². The van der Waals surface area contributed by atoms with E-state index in [0.29, 0.717) is 0 Å². The van der Waals surface area contributed by atoms with Crippen LogP contribution in [-0.4, -0.2) is 45.9 Å². The molecule has 0 bridgehead atoms. The Morgan fingerprint density at radius 2 is 1.50 bits per heavy atom. The molecule has 7 heteroatoms. The van der Waals surface area contributed by atoms with E-state index in [-0.39, 0.29) is 23.0 Å². The van der Waals surface area contributed by atoms with Crippen molar-refractivity contribution in [3.8, 4) is 0 Å². The number of nitrogens with two attached hydrogens (primary N) is 1. The van der Waals surface area contributed by atoms with Crippen LogP contribution in [0.2, 0.25) is 0 Å². The first-order valence-electron chi connectivity index (χ1n) is 4.35. The summed E-state index contributed by atoms with van der Waals surface area (Å²) in [6, 6.07) is -0.454. The van der Waals surface area contributed by atoms with Crippen LogP contribution in [0.4, 0.5) is 0 Å². The minimum Gasteiger partial charge on any atom is -0.327 e. The van der Waals surface area contributed by atoms with Gasteiger partial charge in [-0.2, -0.15) is 0 Å². The molecule has 0 saturated heterocycles. The second kappa shape index (κ2) is 5.09. The van der Waals surface area contributed by atoms with Crippen LogP contribution in [0.15, 0.2) is 0 Å². The fourth-order valence-corrected chi connectivity index (χ4v) is 4.17. The molecule has 0 aromatic heterocycles. The maximum atomic E-state index is 11.3. The van der Waals surface area contributed by atoms with Crippen molar-refractivity contribution in [2.45, 2.75) is 19.9 Å². The quantitative estimate of drug-likeness (QED) is 0.658. The third kappa shape index (κ3) is 6.33. The smallest absolute Gasteiger partial charge is 0.152 e. The molecular weight excluding hydrogens is 226 g/mol. The molecule has 0 aromatic carbocycles. The molecule has 0 radical (unpaired) electrons. The third-order valence-corrected chi connectivity index (χ3v) is 5.49. The minimum absolute atomic E-state index is 0.0271. The van der Waals surface area contributed by atoms with Crippen molar-refractivity contribution >= 4 is 19.7 Å². The fourth-order valence-electron chi connectivity index (χ4n) is 0.882. The van der Waals surface area contributed by atoms with Crippen molar-refractivity contribution in [2.24, 2.45) is 5.73 Å². The summed E-state index contributed by atoms with van der Waals surface area (Å²) in [6.45, 7) is 3.07. The van der Waals surface area contributed by atoms with Gasteiger partial charge in [0.1, 0.15) is 0 Å². The molecule has 0 amide bonds. The summed E-state index contributed by atoms with van der Waals surface area (Å²) in [5.41, 5.74) is 5.32. The second-order valence-electron chi connectivity index (χ2n) is 3.33. The van der Waals surface area contributed by atoms with E-state index in [1.54, 1.807) is 6.92 Å². The Kier molecular flexibility index (Phi) is 5.03. The predicted octanol–water partition coefficient (Wildman–Crippen LogP) is -0.817. The fraction of sp³-hybridized carbons (Fsp3) is 1.00.